The van der Waals surface area contributed by atoms with Gasteiger partial charge in [0.15, 0.2) is 0 Å². The zero-order chi connectivity index (χ0) is 20.8. The van der Waals surface area contributed by atoms with E-state index in [-0.39, 0.29) is 11.3 Å². The van der Waals surface area contributed by atoms with Crippen LogP contribution in [-0.4, -0.2) is 24.1 Å². The molecule has 0 fully saturated rings. The number of carbonyl (C=O) groups is 2. The number of phenolic OH excluding ortho intramolecular Hbond substituents is 1. The predicted molar refractivity (Wildman–Crippen MR) is 106 cm³/mol. The molecular weight excluding hydrogens is 372 g/mol. The second-order valence-corrected chi connectivity index (χ2v) is 5.94. The Morgan fingerprint density at radius 2 is 1.76 bits per heavy atom. The number of hydrogen-bond donors (Lipinski definition) is 2. The normalized spacial score (nSPS) is 10.8. The molecule has 144 valence electrons. The SMILES string of the molecule is COC(=O)c1ccc(-c2ccc(/C=C(/C#N)C(=O)Nc3ccc(O)cc3)o2)cc1. The maximum absolute atomic E-state index is 12.3. The molecule has 1 heterocycles. The number of rotatable bonds is 5. The third-order valence-corrected chi connectivity index (χ3v) is 3.99. The van der Waals surface area contributed by atoms with E-state index in [9.17, 15) is 20.0 Å². The molecule has 0 unspecified atom stereocenters. The van der Waals surface area contributed by atoms with Crippen molar-refractivity contribution in [2.75, 3.05) is 12.4 Å². The van der Waals surface area contributed by atoms with Gasteiger partial charge in [0.1, 0.15) is 28.9 Å². The van der Waals surface area contributed by atoms with Crippen LogP contribution in [0.5, 0.6) is 5.75 Å². The number of esters is 1. The summed E-state index contributed by atoms with van der Waals surface area (Å²) in [5, 5.41) is 21.2. The Morgan fingerprint density at radius 3 is 2.38 bits per heavy atom. The number of phenols is 1. The van der Waals surface area contributed by atoms with Crippen LogP contribution in [0.3, 0.4) is 0 Å². The van der Waals surface area contributed by atoms with Gasteiger partial charge >= 0.3 is 5.97 Å². The van der Waals surface area contributed by atoms with Gasteiger partial charge in [0.05, 0.1) is 12.7 Å². The minimum absolute atomic E-state index is 0.0711. The van der Waals surface area contributed by atoms with Crippen LogP contribution < -0.4 is 5.32 Å². The summed E-state index contributed by atoms with van der Waals surface area (Å²) in [7, 11) is 1.31. The summed E-state index contributed by atoms with van der Waals surface area (Å²) in [6.07, 6.45) is 1.34. The fourth-order valence-corrected chi connectivity index (χ4v) is 2.51. The summed E-state index contributed by atoms with van der Waals surface area (Å²) in [5.74, 6) is -0.114. The zero-order valence-electron chi connectivity index (χ0n) is 15.4. The fourth-order valence-electron chi connectivity index (χ4n) is 2.51. The van der Waals surface area contributed by atoms with Crippen molar-refractivity contribution in [2.45, 2.75) is 0 Å². The fraction of sp³-hybridized carbons (Fsp3) is 0.0455. The number of furan rings is 1. The minimum atomic E-state index is -0.599. The van der Waals surface area contributed by atoms with Crippen LogP contribution in [-0.2, 0) is 9.53 Å². The van der Waals surface area contributed by atoms with Crippen molar-refractivity contribution in [3.8, 4) is 23.1 Å². The number of ether oxygens (including phenoxy) is 1. The van der Waals surface area contributed by atoms with E-state index in [1.807, 2.05) is 6.07 Å². The number of nitrogens with one attached hydrogen (secondary N) is 1. The van der Waals surface area contributed by atoms with E-state index in [0.717, 1.165) is 5.56 Å². The van der Waals surface area contributed by atoms with Crippen LogP contribution >= 0.6 is 0 Å². The van der Waals surface area contributed by atoms with Crippen molar-refractivity contribution in [2.24, 2.45) is 0 Å². The molecule has 2 N–H and O–H groups in total. The molecule has 29 heavy (non-hydrogen) atoms. The summed E-state index contributed by atoms with van der Waals surface area (Å²) in [6.45, 7) is 0. The van der Waals surface area contributed by atoms with E-state index in [1.165, 1.54) is 37.5 Å². The number of nitriles is 1. The van der Waals surface area contributed by atoms with Crippen LogP contribution in [0.1, 0.15) is 16.1 Å². The number of aromatic hydroxyl groups is 1. The zero-order valence-corrected chi connectivity index (χ0v) is 15.4. The van der Waals surface area contributed by atoms with Gasteiger partial charge in [0.2, 0.25) is 0 Å². The van der Waals surface area contributed by atoms with Gasteiger partial charge in [0.25, 0.3) is 5.91 Å². The molecule has 0 aliphatic heterocycles. The summed E-state index contributed by atoms with van der Waals surface area (Å²) in [6, 6.07) is 17.7. The lowest BCUT2D eigenvalue weighted by Gasteiger charge is -2.04. The van der Waals surface area contributed by atoms with E-state index < -0.39 is 11.9 Å². The molecule has 0 bridgehead atoms. The Morgan fingerprint density at radius 1 is 1.07 bits per heavy atom. The Hall–Kier alpha value is -4.31. The lowest BCUT2D eigenvalue weighted by molar-refractivity contribution is -0.112. The maximum atomic E-state index is 12.3. The third kappa shape index (κ3) is 4.70. The number of hydrogen-bond acceptors (Lipinski definition) is 6. The second kappa shape index (κ2) is 8.59. The Bertz CT molecular complexity index is 1100. The van der Waals surface area contributed by atoms with Gasteiger partial charge in [-0.2, -0.15) is 5.26 Å². The Balaban J connectivity index is 1.76. The summed E-state index contributed by atoms with van der Waals surface area (Å²) in [4.78, 5) is 23.8. The van der Waals surface area contributed by atoms with Gasteiger partial charge in [0, 0.05) is 17.3 Å². The van der Waals surface area contributed by atoms with E-state index in [2.05, 4.69) is 10.1 Å². The first-order valence-corrected chi connectivity index (χ1v) is 8.51. The van der Waals surface area contributed by atoms with E-state index >= 15 is 0 Å². The third-order valence-electron chi connectivity index (χ3n) is 3.99. The second-order valence-electron chi connectivity index (χ2n) is 5.94. The highest BCUT2D eigenvalue weighted by molar-refractivity contribution is 6.09. The van der Waals surface area contributed by atoms with Crippen molar-refractivity contribution < 1.29 is 23.8 Å². The van der Waals surface area contributed by atoms with Gasteiger partial charge in [-0.15, -0.1) is 0 Å². The first-order chi connectivity index (χ1) is 14.0. The highest BCUT2D eigenvalue weighted by Gasteiger charge is 2.12. The molecule has 0 spiro atoms. The van der Waals surface area contributed by atoms with Crippen molar-refractivity contribution in [1.82, 2.24) is 0 Å². The number of anilines is 1. The van der Waals surface area contributed by atoms with Crippen molar-refractivity contribution >= 4 is 23.6 Å². The number of amides is 1. The quantitative estimate of drug-likeness (QED) is 0.296. The topological polar surface area (TPSA) is 113 Å². The van der Waals surface area contributed by atoms with Gasteiger partial charge < -0.3 is 19.6 Å². The molecule has 0 aliphatic rings. The summed E-state index contributed by atoms with van der Waals surface area (Å²) < 4.78 is 10.3. The van der Waals surface area contributed by atoms with E-state index in [1.54, 1.807) is 36.4 Å². The predicted octanol–water partition coefficient (Wildman–Crippen LogP) is 3.98. The standard InChI is InChI=1S/C22H16N2O5/c1-28-22(27)15-4-2-14(3-5-15)20-11-10-19(29-20)12-16(13-23)21(26)24-17-6-8-18(25)9-7-17/h2-12,25H,1H3,(H,24,26)/b16-12-. The molecule has 0 saturated heterocycles. The molecule has 0 aliphatic carbocycles. The maximum Gasteiger partial charge on any atom is 0.337 e. The highest BCUT2D eigenvalue weighted by atomic mass is 16.5. The van der Waals surface area contributed by atoms with Crippen LogP contribution in [0.15, 0.2) is 70.7 Å². The highest BCUT2D eigenvalue weighted by Crippen LogP contribution is 2.24. The average Bonchev–Trinajstić information content (AvgIpc) is 3.21. The molecule has 0 atom stereocenters. The average molecular weight is 388 g/mol. The first kappa shape index (κ1) is 19.5. The largest absolute Gasteiger partial charge is 0.508 e. The number of methoxy groups -OCH3 is 1. The molecule has 1 aromatic heterocycles. The van der Waals surface area contributed by atoms with Crippen LogP contribution in [0, 0.1) is 11.3 Å². The number of benzene rings is 2. The first-order valence-electron chi connectivity index (χ1n) is 8.51. The van der Waals surface area contributed by atoms with Crippen LogP contribution in [0.25, 0.3) is 17.4 Å². The molecule has 2 aromatic carbocycles. The van der Waals surface area contributed by atoms with Crippen molar-refractivity contribution in [3.05, 3.63) is 77.6 Å². The van der Waals surface area contributed by atoms with Crippen molar-refractivity contribution in [1.29, 1.82) is 5.26 Å². The van der Waals surface area contributed by atoms with Gasteiger partial charge in [-0.3, -0.25) is 4.79 Å². The molecule has 0 radical (unpaired) electrons. The van der Waals surface area contributed by atoms with Gasteiger partial charge in [-0.05, 0) is 48.5 Å². The van der Waals surface area contributed by atoms with Crippen LogP contribution in [0.4, 0.5) is 5.69 Å². The van der Waals surface area contributed by atoms with Gasteiger partial charge in [-0.25, -0.2) is 4.79 Å². The molecule has 7 heteroatoms. The summed E-state index contributed by atoms with van der Waals surface area (Å²) >= 11 is 0. The molecule has 7 nitrogen and oxygen atoms in total. The lowest BCUT2D eigenvalue weighted by Crippen LogP contribution is -2.13. The molecule has 3 rings (SSSR count). The number of carbonyl (C=O) groups excluding carboxylic acids is 2. The van der Waals surface area contributed by atoms with Crippen molar-refractivity contribution in [3.63, 3.8) is 0 Å². The van der Waals surface area contributed by atoms with E-state index in [0.29, 0.717) is 22.8 Å². The smallest absolute Gasteiger partial charge is 0.337 e. The Kier molecular flexibility index (Phi) is 5.76. The minimum Gasteiger partial charge on any atom is -0.508 e. The lowest BCUT2D eigenvalue weighted by atomic mass is 10.1. The monoisotopic (exact) mass is 388 g/mol. The number of nitrogens with zero attached hydrogens (tertiary/aromatic N) is 1. The molecular formula is C22H16N2O5. The van der Waals surface area contributed by atoms with Gasteiger partial charge in [-0.1, -0.05) is 12.1 Å². The summed E-state index contributed by atoms with van der Waals surface area (Å²) in [5.41, 5.74) is 1.45. The Labute approximate surface area is 166 Å². The molecule has 1 amide bonds. The van der Waals surface area contributed by atoms with Crippen LogP contribution in [0.2, 0.25) is 0 Å². The van der Waals surface area contributed by atoms with E-state index in [4.69, 9.17) is 4.42 Å². The molecule has 3 aromatic rings. The molecule has 0 saturated carbocycles.